The van der Waals surface area contributed by atoms with E-state index in [1.165, 1.54) is 6.07 Å². The molecule has 0 bridgehead atoms. The topological polar surface area (TPSA) is 80.7 Å². The number of carbonyl (C=O) groups is 1. The number of sulfone groups is 1. The number of aromatic carboxylic acids is 1. The predicted octanol–water partition coefficient (Wildman–Crippen LogP) is 1.51. The van der Waals surface area contributed by atoms with Crippen LogP contribution in [0.15, 0.2) is 18.2 Å². The minimum absolute atomic E-state index is 0.0291. The van der Waals surface area contributed by atoms with E-state index in [9.17, 15) is 13.2 Å². The molecule has 0 amide bonds. The Bertz CT molecular complexity index is 533. The van der Waals surface area contributed by atoms with Crippen LogP contribution in [0.25, 0.3) is 0 Å². The van der Waals surface area contributed by atoms with Crippen molar-refractivity contribution in [1.29, 1.82) is 0 Å². The molecule has 0 fully saturated rings. The number of aryl methyl sites for hydroxylation is 1. The maximum atomic E-state index is 11.0. The average Bonchev–Trinajstić information content (AvgIpc) is 2.24. The van der Waals surface area contributed by atoms with Crippen molar-refractivity contribution in [3.63, 3.8) is 0 Å². The molecule has 0 saturated heterocycles. The van der Waals surface area contributed by atoms with E-state index in [2.05, 4.69) is 0 Å². The van der Waals surface area contributed by atoms with Crippen LogP contribution in [0.4, 0.5) is 0 Å². The number of hydrogen-bond donors (Lipinski definition) is 1. The van der Waals surface area contributed by atoms with Crippen molar-refractivity contribution < 1.29 is 23.1 Å². The highest BCUT2D eigenvalue weighted by Gasteiger charge is 2.13. The molecule has 0 unspecified atom stereocenters. The van der Waals surface area contributed by atoms with E-state index in [-0.39, 0.29) is 17.9 Å². The molecule has 0 radical (unpaired) electrons. The van der Waals surface area contributed by atoms with E-state index >= 15 is 0 Å². The molecule has 6 heteroatoms. The lowest BCUT2D eigenvalue weighted by Gasteiger charge is -2.11. The summed E-state index contributed by atoms with van der Waals surface area (Å²) in [5, 5.41) is 9.00. The van der Waals surface area contributed by atoms with Crippen LogP contribution in [-0.2, 0) is 9.84 Å². The van der Waals surface area contributed by atoms with Crippen molar-refractivity contribution in [2.24, 2.45) is 0 Å². The van der Waals surface area contributed by atoms with Gasteiger partial charge in [-0.05, 0) is 25.0 Å². The predicted molar refractivity (Wildman–Crippen MR) is 68.0 cm³/mol. The van der Waals surface area contributed by atoms with Crippen molar-refractivity contribution in [2.45, 2.75) is 13.3 Å². The fourth-order valence-electron chi connectivity index (χ4n) is 1.51. The van der Waals surface area contributed by atoms with Crippen molar-refractivity contribution in [3.8, 4) is 5.75 Å². The molecular formula is C12H16O5S. The van der Waals surface area contributed by atoms with Crippen molar-refractivity contribution in [2.75, 3.05) is 18.6 Å². The molecule has 0 aliphatic rings. The minimum Gasteiger partial charge on any atom is -0.492 e. The number of carboxylic acid groups (broad SMARTS) is 1. The molecule has 0 heterocycles. The molecule has 0 spiro atoms. The number of rotatable bonds is 6. The van der Waals surface area contributed by atoms with Crippen LogP contribution < -0.4 is 4.74 Å². The van der Waals surface area contributed by atoms with Crippen LogP contribution >= 0.6 is 0 Å². The van der Waals surface area contributed by atoms with Crippen molar-refractivity contribution >= 4 is 15.8 Å². The first-order valence-electron chi connectivity index (χ1n) is 5.44. The van der Waals surface area contributed by atoms with Gasteiger partial charge in [0.2, 0.25) is 0 Å². The van der Waals surface area contributed by atoms with Crippen LogP contribution in [0, 0.1) is 6.92 Å². The summed E-state index contributed by atoms with van der Waals surface area (Å²) < 4.78 is 27.2. The van der Waals surface area contributed by atoms with E-state index in [1.807, 2.05) is 0 Å². The summed E-state index contributed by atoms with van der Waals surface area (Å²) in [7, 11) is -3.01. The second-order valence-corrected chi connectivity index (χ2v) is 6.35. The summed E-state index contributed by atoms with van der Waals surface area (Å²) in [6.45, 7) is 1.93. The lowest BCUT2D eigenvalue weighted by molar-refractivity contribution is 0.0692. The van der Waals surface area contributed by atoms with Gasteiger partial charge >= 0.3 is 5.97 Å². The van der Waals surface area contributed by atoms with Crippen LogP contribution in [0.5, 0.6) is 5.75 Å². The first-order valence-corrected chi connectivity index (χ1v) is 7.51. The second kappa shape index (κ2) is 5.86. The molecule has 0 aliphatic heterocycles. The molecule has 18 heavy (non-hydrogen) atoms. The van der Waals surface area contributed by atoms with Gasteiger partial charge in [0.1, 0.15) is 21.2 Å². The van der Waals surface area contributed by atoms with Crippen LogP contribution in [0.1, 0.15) is 22.3 Å². The van der Waals surface area contributed by atoms with Gasteiger partial charge in [0.25, 0.3) is 0 Å². The third-order valence-corrected chi connectivity index (χ3v) is 3.38. The Kier molecular flexibility index (Phi) is 4.72. The molecule has 5 nitrogen and oxygen atoms in total. The molecule has 1 aromatic carbocycles. The molecule has 0 aliphatic carbocycles. The van der Waals surface area contributed by atoms with Crippen molar-refractivity contribution in [3.05, 3.63) is 29.3 Å². The van der Waals surface area contributed by atoms with Crippen LogP contribution in [0.3, 0.4) is 0 Å². The first kappa shape index (κ1) is 14.5. The highest BCUT2D eigenvalue weighted by atomic mass is 32.2. The Morgan fingerprint density at radius 2 is 2.06 bits per heavy atom. The van der Waals surface area contributed by atoms with Gasteiger partial charge in [-0.1, -0.05) is 12.1 Å². The zero-order chi connectivity index (χ0) is 13.8. The summed E-state index contributed by atoms with van der Waals surface area (Å²) in [4.78, 5) is 11.0. The lowest BCUT2D eigenvalue weighted by Crippen LogP contribution is -2.10. The third-order valence-electron chi connectivity index (χ3n) is 2.35. The Morgan fingerprint density at radius 3 is 2.61 bits per heavy atom. The maximum absolute atomic E-state index is 11.0. The van der Waals surface area contributed by atoms with Gasteiger partial charge in [-0.15, -0.1) is 0 Å². The summed E-state index contributed by atoms with van der Waals surface area (Å²) >= 11 is 0. The molecule has 0 aromatic heterocycles. The van der Waals surface area contributed by atoms with Crippen LogP contribution in [0.2, 0.25) is 0 Å². The minimum atomic E-state index is -3.01. The molecule has 1 rings (SSSR count). The van der Waals surface area contributed by atoms with Gasteiger partial charge in [-0.25, -0.2) is 13.2 Å². The van der Waals surface area contributed by atoms with Gasteiger partial charge in [-0.3, -0.25) is 0 Å². The summed E-state index contributed by atoms with van der Waals surface area (Å²) in [5.74, 6) is -0.725. The van der Waals surface area contributed by atoms with E-state index in [0.717, 1.165) is 6.26 Å². The molecule has 1 N–H and O–H groups in total. The van der Waals surface area contributed by atoms with Gasteiger partial charge in [-0.2, -0.15) is 0 Å². The molecule has 0 saturated carbocycles. The van der Waals surface area contributed by atoms with Gasteiger partial charge in [0, 0.05) is 6.26 Å². The summed E-state index contributed by atoms with van der Waals surface area (Å²) in [5.41, 5.74) is 0.809. The number of benzene rings is 1. The Labute approximate surface area is 106 Å². The van der Waals surface area contributed by atoms with Crippen LogP contribution in [-0.4, -0.2) is 38.1 Å². The zero-order valence-corrected chi connectivity index (χ0v) is 11.2. The molecule has 1 aromatic rings. The van der Waals surface area contributed by atoms with Gasteiger partial charge in [0.15, 0.2) is 0 Å². The van der Waals surface area contributed by atoms with Gasteiger partial charge < -0.3 is 9.84 Å². The fourth-order valence-corrected chi connectivity index (χ4v) is 2.15. The van der Waals surface area contributed by atoms with E-state index in [0.29, 0.717) is 17.7 Å². The monoisotopic (exact) mass is 272 g/mol. The fraction of sp³-hybridized carbons (Fsp3) is 0.417. The smallest absolute Gasteiger partial charge is 0.339 e. The number of hydrogen-bond acceptors (Lipinski definition) is 4. The van der Waals surface area contributed by atoms with E-state index in [1.54, 1.807) is 19.1 Å². The Morgan fingerprint density at radius 1 is 1.39 bits per heavy atom. The van der Waals surface area contributed by atoms with Crippen molar-refractivity contribution in [1.82, 2.24) is 0 Å². The standard InChI is InChI=1S/C12H16O5S/c1-9-5-3-6-10(12(13)14)11(9)17-7-4-8-18(2,15)16/h3,5-6H,4,7-8H2,1-2H3,(H,13,14). The molecular weight excluding hydrogens is 256 g/mol. The maximum Gasteiger partial charge on any atom is 0.339 e. The SMILES string of the molecule is Cc1cccc(C(=O)O)c1OCCCS(C)(=O)=O. The Hall–Kier alpha value is -1.56. The first-order chi connectivity index (χ1) is 8.31. The number of para-hydroxylation sites is 1. The average molecular weight is 272 g/mol. The largest absolute Gasteiger partial charge is 0.492 e. The van der Waals surface area contributed by atoms with Gasteiger partial charge in [0.05, 0.1) is 12.4 Å². The summed E-state index contributed by atoms with van der Waals surface area (Å²) in [6, 6.07) is 4.85. The molecule has 100 valence electrons. The zero-order valence-electron chi connectivity index (χ0n) is 10.3. The normalized spacial score (nSPS) is 11.2. The lowest BCUT2D eigenvalue weighted by atomic mass is 10.1. The second-order valence-electron chi connectivity index (χ2n) is 4.09. The number of ether oxygens (including phenoxy) is 1. The molecule has 0 atom stereocenters. The summed E-state index contributed by atoms with van der Waals surface area (Å²) in [6.07, 6.45) is 1.50. The van der Waals surface area contributed by atoms with E-state index in [4.69, 9.17) is 9.84 Å². The number of carboxylic acids is 1. The van der Waals surface area contributed by atoms with E-state index < -0.39 is 15.8 Å². The third kappa shape index (κ3) is 4.37. The Balaban J connectivity index is 2.70. The highest BCUT2D eigenvalue weighted by Crippen LogP contribution is 2.23. The highest BCUT2D eigenvalue weighted by molar-refractivity contribution is 7.90. The quantitative estimate of drug-likeness (QED) is 0.794.